The number of phenols is 1. The number of rotatable bonds is 2. The summed E-state index contributed by atoms with van der Waals surface area (Å²) in [6, 6.07) is 2.20. The van der Waals surface area contributed by atoms with Crippen LogP contribution in [-0.4, -0.2) is 11.7 Å². The molecule has 0 aliphatic heterocycles. The van der Waals surface area contributed by atoms with E-state index in [9.17, 15) is 5.11 Å². The van der Waals surface area contributed by atoms with Crippen molar-refractivity contribution in [2.75, 3.05) is 6.54 Å². The van der Waals surface area contributed by atoms with E-state index in [0.29, 0.717) is 17.3 Å². The van der Waals surface area contributed by atoms with Crippen LogP contribution in [0.4, 0.5) is 0 Å². The predicted octanol–water partition coefficient (Wildman–Crippen LogP) is 3.69. The minimum absolute atomic E-state index is 0.0520. The fourth-order valence-corrected chi connectivity index (χ4v) is 4.21. The van der Waals surface area contributed by atoms with Gasteiger partial charge in [-0.25, -0.2) is 0 Å². The van der Waals surface area contributed by atoms with Crippen molar-refractivity contribution in [2.24, 2.45) is 5.73 Å². The lowest BCUT2D eigenvalue weighted by Gasteiger charge is -2.37. The summed E-state index contributed by atoms with van der Waals surface area (Å²) in [4.78, 5) is 0. The quantitative estimate of drug-likeness (QED) is 0.867. The lowest BCUT2D eigenvalue weighted by molar-refractivity contribution is 0.290. The Morgan fingerprint density at radius 1 is 1.16 bits per heavy atom. The highest BCUT2D eigenvalue weighted by molar-refractivity contribution is 6.33. The van der Waals surface area contributed by atoms with E-state index < -0.39 is 0 Å². The first kappa shape index (κ1) is 13.3. The van der Waals surface area contributed by atoms with Crippen molar-refractivity contribution in [1.82, 2.24) is 0 Å². The molecule has 104 valence electrons. The van der Waals surface area contributed by atoms with Gasteiger partial charge in [-0.15, -0.1) is 0 Å². The highest BCUT2D eigenvalue weighted by Crippen LogP contribution is 2.47. The molecular formula is C16H22ClNO. The zero-order valence-corrected chi connectivity index (χ0v) is 12.1. The zero-order chi connectivity index (χ0) is 13.5. The van der Waals surface area contributed by atoms with E-state index in [1.54, 1.807) is 0 Å². The lowest BCUT2D eigenvalue weighted by atomic mass is 9.68. The second-order valence-electron chi connectivity index (χ2n) is 6.12. The molecule has 2 aliphatic carbocycles. The minimum Gasteiger partial charge on any atom is -0.506 e. The number of aromatic hydroxyl groups is 1. The molecular weight excluding hydrogens is 258 g/mol. The minimum atomic E-state index is -0.0520. The van der Waals surface area contributed by atoms with Gasteiger partial charge in [-0.2, -0.15) is 0 Å². The van der Waals surface area contributed by atoms with Gasteiger partial charge < -0.3 is 10.8 Å². The molecule has 3 heteroatoms. The van der Waals surface area contributed by atoms with Crippen LogP contribution in [0.5, 0.6) is 5.75 Å². The van der Waals surface area contributed by atoms with Crippen LogP contribution in [0.3, 0.4) is 0 Å². The third kappa shape index (κ3) is 2.05. The third-order valence-electron chi connectivity index (χ3n) is 5.08. The molecule has 3 N–H and O–H groups in total. The van der Waals surface area contributed by atoms with Crippen molar-refractivity contribution in [3.63, 3.8) is 0 Å². The Balaban J connectivity index is 2.11. The zero-order valence-electron chi connectivity index (χ0n) is 11.3. The van der Waals surface area contributed by atoms with Crippen molar-refractivity contribution in [3.05, 3.63) is 27.8 Å². The lowest BCUT2D eigenvalue weighted by Crippen LogP contribution is -2.37. The van der Waals surface area contributed by atoms with Crippen molar-refractivity contribution in [2.45, 2.75) is 56.8 Å². The molecule has 19 heavy (non-hydrogen) atoms. The van der Waals surface area contributed by atoms with Gasteiger partial charge in [0.2, 0.25) is 0 Å². The number of benzene rings is 1. The first-order valence-electron chi connectivity index (χ1n) is 7.42. The number of phenolic OH excluding ortho intramolecular Hbond substituents is 1. The molecule has 0 aromatic heterocycles. The molecule has 3 rings (SSSR count). The Bertz CT molecular complexity index is 492. The summed E-state index contributed by atoms with van der Waals surface area (Å²) in [5.74, 6) is 0.301. The van der Waals surface area contributed by atoms with E-state index in [4.69, 9.17) is 17.3 Å². The molecule has 0 unspecified atom stereocenters. The average molecular weight is 280 g/mol. The molecule has 0 atom stereocenters. The Kier molecular flexibility index (Phi) is 3.48. The number of hydrogen-bond acceptors (Lipinski definition) is 2. The average Bonchev–Trinajstić information content (AvgIpc) is 2.92. The summed E-state index contributed by atoms with van der Waals surface area (Å²) in [7, 11) is 0. The Hall–Kier alpha value is -0.730. The summed E-state index contributed by atoms with van der Waals surface area (Å²) in [6.07, 6.45) is 9.06. The second-order valence-corrected chi connectivity index (χ2v) is 6.50. The van der Waals surface area contributed by atoms with E-state index in [0.717, 1.165) is 43.2 Å². The molecule has 2 nitrogen and oxygen atoms in total. The number of aryl methyl sites for hydroxylation is 1. The van der Waals surface area contributed by atoms with Crippen LogP contribution in [0.25, 0.3) is 0 Å². The Labute approximate surface area is 120 Å². The topological polar surface area (TPSA) is 46.2 Å². The third-order valence-corrected chi connectivity index (χ3v) is 5.49. The van der Waals surface area contributed by atoms with Crippen LogP contribution in [0.2, 0.25) is 5.02 Å². The van der Waals surface area contributed by atoms with Crippen molar-refractivity contribution in [1.29, 1.82) is 0 Å². The summed E-state index contributed by atoms with van der Waals surface area (Å²) in [6.45, 7) is 0.607. The summed E-state index contributed by atoms with van der Waals surface area (Å²) >= 11 is 6.39. The smallest absolute Gasteiger partial charge is 0.138 e. The van der Waals surface area contributed by atoms with Crippen LogP contribution in [0, 0.1) is 0 Å². The predicted molar refractivity (Wildman–Crippen MR) is 79.0 cm³/mol. The Morgan fingerprint density at radius 3 is 2.58 bits per heavy atom. The normalized spacial score (nSPS) is 21.4. The number of hydrogen-bond donors (Lipinski definition) is 2. The van der Waals surface area contributed by atoms with Gasteiger partial charge in [-0.1, -0.05) is 36.9 Å². The first-order chi connectivity index (χ1) is 9.18. The molecule has 1 saturated carbocycles. The first-order valence-corrected chi connectivity index (χ1v) is 7.79. The standard InChI is InChI=1S/C16H22ClNO/c17-14-12-6-4-5-11(12)9-13(15(14)19)16(10-18)7-2-1-3-8-16/h9,19H,1-8,10,18H2. The van der Waals surface area contributed by atoms with Gasteiger partial charge in [-0.05, 0) is 43.2 Å². The van der Waals surface area contributed by atoms with E-state index in [2.05, 4.69) is 6.07 Å². The van der Waals surface area contributed by atoms with Crippen LogP contribution in [0.1, 0.15) is 55.2 Å². The van der Waals surface area contributed by atoms with E-state index >= 15 is 0 Å². The van der Waals surface area contributed by atoms with Gasteiger partial charge in [0.1, 0.15) is 5.75 Å². The molecule has 2 aliphatic rings. The van der Waals surface area contributed by atoms with Crippen molar-refractivity contribution < 1.29 is 5.11 Å². The van der Waals surface area contributed by atoms with Gasteiger partial charge in [0.25, 0.3) is 0 Å². The SMILES string of the molecule is NCC1(c2cc3c(c(Cl)c2O)CCC3)CCCCC1. The van der Waals surface area contributed by atoms with Gasteiger partial charge >= 0.3 is 0 Å². The molecule has 0 saturated heterocycles. The summed E-state index contributed by atoms with van der Waals surface area (Å²) < 4.78 is 0. The maximum absolute atomic E-state index is 10.5. The van der Waals surface area contributed by atoms with E-state index in [-0.39, 0.29) is 5.41 Å². The van der Waals surface area contributed by atoms with E-state index in [1.807, 2.05) is 0 Å². The number of nitrogens with two attached hydrogens (primary N) is 1. The summed E-state index contributed by atoms with van der Waals surface area (Å²) in [5.41, 5.74) is 9.53. The van der Waals surface area contributed by atoms with Gasteiger partial charge in [-0.3, -0.25) is 0 Å². The second kappa shape index (κ2) is 4.99. The van der Waals surface area contributed by atoms with Crippen molar-refractivity contribution >= 4 is 11.6 Å². The van der Waals surface area contributed by atoms with Gasteiger partial charge in [0.05, 0.1) is 5.02 Å². The molecule has 0 bridgehead atoms. The maximum atomic E-state index is 10.5. The molecule has 0 heterocycles. The molecule has 1 aromatic rings. The van der Waals surface area contributed by atoms with Crippen LogP contribution >= 0.6 is 11.6 Å². The van der Waals surface area contributed by atoms with E-state index in [1.165, 1.54) is 24.8 Å². The highest BCUT2D eigenvalue weighted by atomic mass is 35.5. The van der Waals surface area contributed by atoms with Gasteiger partial charge in [0.15, 0.2) is 0 Å². The van der Waals surface area contributed by atoms with Crippen molar-refractivity contribution in [3.8, 4) is 5.75 Å². The number of halogens is 1. The van der Waals surface area contributed by atoms with Gasteiger partial charge in [0, 0.05) is 17.5 Å². The molecule has 0 amide bonds. The monoisotopic (exact) mass is 279 g/mol. The largest absolute Gasteiger partial charge is 0.506 e. The number of fused-ring (bicyclic) bond motifs is 1. The summed E-state index contributed by atoms with van der Waals surface area (Å²) in [5, 5.41) is 11.1. The maximum Gasteiger partial charge on any atom is 0.138 e. The van der Waals surface area contributed by atoms with Crippen LogP contribution in [-0.2, 0) is 18.3 Å². The van der Waals surface area contributed by atoms with Crippen LogP contribution in [0.15, 0.2) is 6.07 Å². The molecule has 1 fully saturated rings. The van der Waals surface area contributed by atoms with Crippen LogP contribution < -0.4 is 5.73 Å². The molecule has 0 radical (unpaired) electrons. The highest BCUT2D eigenvalue weighted by Gasteiger charge is 2.36. The molecule has 0 spiro atoms. The fourth-order valence-electron chi connectivity index (χ4n) is 3.90. The fraction of sp³-hybridized carbons (Fsp3) is 0.625. The Morgan fingerprint density at radius 2 is 1.89 bits per heavy atom. The molecule has 1 aromatic carbocycles.